The van der Waals surface area contributed by atoms with Gasteiger partial charge in [-0.15, -0.1) is 0 Å². The maximum absolute atomic E-state index is 5.94. The van der Waals surface area contributed by atoms with Crippen molar-refractivity contribution in [1.82, 2.24) is 4.98 Å². The third-order valence-corrected chi connectivity index (χ3v) is 2.55. The van der Waals surface area contributed by atoms with Gasteiger partial charge in [0.1, 0.15) is 5.82 Å². The molecule has 4 heteroatoms. The highest BCUT2D eigenvalue weighted by Gasteiger charge is 2.12. The molecule has 0 unspecified atom stereocenters. The molecule has 0 radical (unpaired) electrons. The van der Waals surface area contributed by atoms with Crippen LogP contribution >= 0.6 is 0 Å². The highest BCUT2D eigenvalue weighted by Crippen LogP contribution is 2.21. The van der Waals surface area contributed by atoms with Crippen LogP contribution in [0, 0.1) is 0 Å². The van der Waals surface area contributed by atoms with E-state index in [0.717, 1.165) is 24.5 Å². The van der Waals surface area contributed by atoms with Gasteiger partial charge in [0.2, 0.25) is 0 Å². The summed E-state index contributed by atoms with van der Waals surface area (Å²) in [6.07, 6.45) is 1.80. The van der Waals surface area contributed by atoms with Crippen molar-refractivity contribution >= 4 is 5.82 Å². The number of likely N-dealkylation sites (N-methyl/N-ethyl adjacent to an activating group) is 1. The van der Waals surface area contributed by atoms with E-state index in [0.29, 0.717) is 6.61 Å². The molecule has 0 aliphatic heterocycles. The molecule has 4 nitrogen and oxygen atoms in total. The number of hydrogen-bond donors (Lipinski definition) is 1. The molecule has 0 spiro atoms. The third-order valence-electron chi connectivity index (χ3n) is 2.55. The zero-order valence-corrected chi connectivity index (χ0v) is 10.3. The van der Waals surface area contributed by atoms with Gasteiger partial charge < -0.3 is 15.4 Å². The average molecular weight is 223 g/mol. The fourth-order valence-corrected chi connectivity index (χ4v) is 1.64. The van der Waals surface area contributed by atoms with Crippen LogP contribution in [0.25, 0.3) is 0 Å². The largest absolute Gasteiger partial charge is 0.383 e. The van der Waals surface area contributed by atoms with Crippen LogP contribution in [0.5, 0.6) is 0 Å². The van der Waals surface area contributed by atoms with Gasteiger partial charge in [0.15, 0.2) is 0 Å². The second-order valence-electron chi connectivity index (χ2n) is 3.78. The van der Waals surface area contributed by atoms with Gasteiger partial charge in [-0.3, -0.25) is 0 Å². The molecule has 0 saturated carbocycles. The first-order chi connectivity index (χ1) is 7.70. The van der Waals surface area contributed by atoms with Crippen LogP contribution in [-0.2, 0) is 4.74 Å². The van der Waals surface area contributed by atoms with E-state index in [4.69, 9.17) is 10.5 Å². The molecule has 1 atom stereocenters. The Labute approximate surface area is 97.4 Å². The molecule has 0 aromatic carbocycles. The Hall–Kier alpha value is -1.13. The molecule has 16 heavy (non-hydrogen) atoms. The predicted molar refractivity (Wildman–Crippen MR) is 66.6 cm³/mol. The lowest BCUT2D eigenvalue weighted by Crippen LogP contribution is -2.29. The van der Waals surface area contributed by atoms with Crippen molar-refractivity contribution < 1.29 is 4.74 Å². The highest BCUT2D eigenvalue weighted by atomic mass is 16.5. The van der Waals surface area contributed by atoms with Crippen LogP contribution in [0.3, 0.4) is 0 Å². The van der Waals surface area contributed by atoms with Crippen molar-refractivity contribution in [3.63, 3.8) is 0 Å². The smallest absolute Gasteiger partial charge is 0.133 e. The number of nitrogens with two attached hydrogens (primary N) is 1. The minimum absolute atomic E-state index is 0.000273. The molecule has 0 aliphatic carbocycles. The monoisotopic (exact) mass is 223 g/mol. The summed E-state index contributed by atoms with van der Waals surface area (Å²) in [7, 11) is 1.71. The summed E-state index contributed by atoms with van der Waals surface area (Å²) in [6, 6.07) is 3.95. The summed E-state index contributed by atoms with van der Waals surface area (Å²) < 4.78 is 5.10. The van der Waals surface area contributed by atoms with Crippen molar-refractivity contribution in [2.45, 2.75) is 19.9 Å². The lowest BCUT2D eigenvalue weighted by atomic mass is 10.1. The minimum Gasteiger partial charge on any atom is -0.383 e. The molecule has 1 heterocycles. The first kappa shape index (κ1) is 12.9. The number of hydrogen-bond acceptors (Lipinski definition) is 4. The summed E-state index contributed by atoms with van der Waals surface area (Å²) in [5.74, 6) is 0.969. The Bertz CT molecular complexity index is 315. The SMILES string of the molecule is CCN(CCOC)c1ncccc1[C@H](C)N. The number of ether oxygens (including phenoxy) is 1. The van der Waals surface area contributed by atoms with Crippen LogP contribution in [0.2, 0.25) is 0 Å². The van der Waals surface area contributed by atoms with Crippen molar-refractivity contribution in [2.75, 3.05) is 31.7 Å². The van der Waals surface area contributed by atoms with E-state index < -0.39 is 0 Å². The zero-order valence-electron chi connectivity index (χ0n) is 10.3. The average Bonchev–Trinajstić information content (AvgIpc) is 2.30. The summed E-state index contributed by atoms with van der Waals surface area (Å²) in [5, 5.41) is 0. The first-order valence-electron chi connectivity index (χ1n) is 5.65. The van der Waals surface area contributed by atoms with E-state index in [9.17, 15) is 0 Å². The molecule has 1 rings (SSSR count). The van der Waals surface area contributed by atoms with Crippen LogP contribution in [0.15, 0.2) is 18.3 Å². The third kappa shape index (κ3) is 3.18. The number of pyridine rings is 1. The number of rotatable bonds is 6. The molecule has 1 aromatic rings. The summed E-state index contributed by atoms with van der Waals surface area (Å²) in [6.45, 7) is 6.52. The molecule has 90 valence electrons. The summed E-state index contributed by atoms with van der Waals surface area (Å²) in [4.78, 5) is 6.60. The van der Waals surface area contributed by atoms with Crippen molar-refractivity contribution in [3.05, 3.63) is 23.9 Å². The Balaban J connectivity index is 2.90. The van der Waals surface area contributed by atoms with Crippen LogP contribution in [0.4, 0.5) is 5.82 Å². The molecule has 0 bridgehead atoms. The fourth-order valence-electron chi connectivity index (χ4n) is 1.64. The molecule has 0 saturated heterocycles. The summed E-state index contributed by atoms with van der Waals surface area (Å²) >= 11 is 0. The minimum atomic E-state index is 0.000273. The molecule has 1 aromatic heterocycles. The van der Waals surface area contributed by atoms with Gasteiger partial charge in [0.25, 0.3) is 0 Å². The van der Waals surface area contributed by atoms with E-state index in [1.165, 1.54) is 0 Å². The van der Waals surface area contributed by atoms with Crippen LogP contribution in [0.1, 0.15) is 25.5 Å². The Morgan fingerprint density at radius 1 is 1.56 bits per heavy atom. The molecule has 0 aliphatic rings. The maximum atomic E-state index is 5.94. The normalized spacial score (nSPS) is 12.5. The van der Waals surface area contributed by atoms with Gasteiger partial charge in [-0.25, -0.2) is 4.98 Å². The standard InChI is InChI=1S/C12H21N3O/c1-4-15(8-9-16-3)12-11(10(2)13)6-5-7-14-12/h5-7,10H,4,8-9,13H2,1-3H3/t10-/m0/s1. The Kier molecular flexibility index (Phi) is 5.22. The topological polar surface area (TPSA) is 51.4 Å². The molecule has 0 fully saturated rings. The number of methoxy groups -OCH3 is 1. The Morgan fingerprint density at radius 3 is 2.88 bits per heavy atom. The second kappa shape index (κ2) is 6.45. The van der Waals surface area contributed by atoms with Gasteiger partial charge in [-0.2, -0.15) is 0 Å². The molecule has 2 N–H and O–H groups in total. The van der Waals surface area contributed by atoms with Crippen LogP contribution in [-0.4, -0.2) is 31.8 Å². The number of aromatic nitrogens is 1. The lowest BCUT2D eigenvalue weighted by molar-refractivity contribution is 0.205. The molecular weight excluding hydrogens is 202 g/mol. The van der Waals surface area contributed by atoms with E-state index in [-0.39, 0.29) is 6.04 Å². The van der Waals surface area contributed by atoms with Gasteiger partial charge in [0, 0.05) is 38.0 Å². The molecule has 0 amide bonds. The van der Waals surface area contributed by atoms with Crippen molar-refractivity contribution in [1.29, 1.82) is 0 Å². The van der Waals surface area contributed by atoms with E-state index in [2.05, 4.69) is 16.8 Å². The first-order valence-corrected chi connectivity index (χ1v) is 5.65. The van der Waals surface area contributed by atoms with Crippen molar-refractivity contribution in [3.8, 4) is 0 Å². The highest BCUT2D eigenvalue weighted by molar-refractivity contribution is 5.48. The quantitative estimate of drug-likeness (QED) is 0.795. The Morgan fingerprint density at radius 2 is 2.31 bits per heavy atom. The fraction of sp³-hybridized carbons (Fsp3) is 0.583. The van der Waals surface area contributed by atoms with Crippen LogP contribution < -0.4 is 10.6 Å². The summed E-state index contributed by atoms with van der Waals surface area (Å²) in [5.41, 5.74) is 7.02. The van der Waals surface area contributed by atoms with Gasteiger partial charge in [-0.1, -0.05) is 6.07 Å². The van der Waals surface area contributed by atoms with Gasteiger partial charge >= 0.3 is 0 Å². The van der Waals surface area contributed by atoms with Gasteiger partial charge in [0.05, 0.1) is 6.61 Å². The van der Waals surface area contributed by atoms with Gasteiger partial charge in [-0.05, 0) is 19.9 Å². The van der Waals surface area contributed by atoms with Crippen molar-refractivity contribution in [2.24, 2.45) is 5.73 Å². The molecular formula is C12H21N3O. The van der Waals surface area contributed by atoms with E-state index in [1.54, 1.807) is 13.3 Å². The number of anilines is 1. The van der Waals surface area contributed by atoms with E-state index in [1.807, 2.05) is 19.1 Å². The van der Waals surface area contributed by atoms with E-state index >= 15 is 0 Å². The second-order valence-corrected chi connectivity index (χ2v) is 3.78. The zero-order chi connectivity index (χ0) is 12.0. The predicted octanol–water partition coefficient (Wildman–Crippen LogP) is 1.57. The maximum Gasteiger partial charge on any atom is 0.133 e. The lowest BCUT2D eigenvalue weighted by Gasteiger charge is -2.25. The number of nitrogens with zero attached hydrogens (tertiary/aromatic N) is 2.